The van der Waals surface area contributed by atoms with E-state index in [0.717, 1.165) is 36.4 Å². The van der Waals surface area contributed by atoms with Gasteiger partial charge in [0, 0.05) is 12.1 Å². The van der Waals surface area contributed by atoms with Gasteiger partial charge in [-0.15, -0.1) is 0 Å². The van der Waals surface area contributed by atoms with E-state index in [1.807, 2.05) is 24.3 Å². The van der Waals surface area contributed by atoms with Crippen LogP contribution in [0.25, 0.3) is 0 Å². The second-order valence-corrected chi connectivity index (χ2v) is 5.38. The highest BCUT2D eigenvalue weighted by atomic mass is 16.1. The second kappa shape index (κ2) is 8.70. The third-order valence-electron chi connectivity index (χ3n) is 3.12. The Morgan fingerprint density at radius 3 is 2.79 bits per heavy atom. The van der Waals surface area contributed by atoms with Gasteiger partial charge in [-0.25, -0.2) is 0 Å². The number of amides is 1. The maximum Gasteiger partial charge on any atom is 0.251 e. The molecule has 0 atom stereocenters. The van der Waals surface area contributed by atoms with Crippen molar-refractivity contribution in [3.63, 3.8) is 0 Å². The van der Waals surface area contributed by atoms with Gasteiger partial charge in [-0.3, -0.25) is 4.79 Å². The molecule has 3 heteroatoms. The quantitative estimate of drug-likeness (QED) is 0.708. The van der Waals surface area contributed by atoms with E-state index in [9.17, 15) is 4.79 Å². The largest absolute Gasteiger partial charge is 0.352 e. The van der Waals surface area contributed by atoms with Crippen LogP contribution >= 0.6 is 0 Å². The Morgan fingerprint density at radius 2 is 2.11 bits per heavy atom. The number of hydrogen-bond donors (Lipinski definition) is 2. The number of hydrogen-bond acceptors (Lipinski definition) is 2. The molecular formula is C16H26N2O. The normalized spacial score (nSPS) is 10.7. The number of nitrogens with one attached hydrogen (secondary N) is 1. The van der Waals surface area contributed by atoms with Crippen molar-refractivity contribution in [3.05, 3.63) is 35.4 Å². The van der Waals surface area contributed by atoms with E-state index in [2.05, 4.69) is 19.2 Å². The molecular weight excluding hydrogens is 236 g/mol. The lowest BCUT2D eigenvalue weighted by Gasteiger charge is -2.07. The second-order valence-electron chi connectivity index (χ2n) is 5.38. The van der Waals surface area contributed by atoms with Crippen LogP contribution in [-0.2, 0) is 6.42 Å². The van der Waals surface area contributed by atoms with E-state index in [4.69, 9.17) is 5.73 Å². The van der Waals surface area contributed by atoms with Gasteiger partial charge >= 0.3 is 0 Å². The predicted octanol–water partition coefficient (Wildman–Crippen LogP) is 2.74. The van der Waals surface area contributed by atoms with Crippen LogP contribution in [-0.4, -0.2) is 19.0 Å². The summed E-state index contributed by atoms with van der Waals surface area (Å²) in [7, 11) is 0. The monoisotopic (exact) mass is 262 g/mol. The predicted molar refractivity (Wildman–Crippen MR) is 80.2 cm³/mol. The molecule has 0 saturated heterocycles. The Balaban J connectivity index is 2.34. The molecule has 0 fully saturated rings. The van der Waals surface area contributed by atoms with Gasteiger partial charge in [0.15, 0.2) is 0 Å². The minimum Gasteiger partial charge on any atom is -0.352 e. The average molecular weight is 262 g/mol. The van der Waals surface area contributed by atoms with E-state index in [1.54, 1.807) is 0 Å². The minimum absolute atomic E-state index is 0.0171. The summed E-state index contributed by atoms with van der Waals surface area (Å²) < 4.78 is 0. The molecule has 0 aliphatic heterocycles. The summed E-state index contributed by atoms with van der Waals surface area (Å²) in [5.74, 6) is 0.757. The van der Waals surface area contributed by atoms with Crippen molar-refractivity contribution in [1.82, 2.24) is 5.32 Å². The van der Waals surface area contributed by atoms with Gasteiger partial charge in [-0.2, -0.15) is 0 Å². The Morgan fingerprint density at radius 1 is 1.32 bits per heavy atom. The maximum absolute atomic E-state index is 12.0. The zero-order chi connectivity index (χ0) is 14.1. The molecule has 0 aliphatic carbocycles. The van der Waals surface area contributed by atoms with Crippen molar-refractivity contribution in [2.45, 2.75) is 39.5 Å². The summed E-state index contributed by atoms with van der Waals surface area (Å²) in [5.41, 5.74) is 7.38. The Kier molecular flexibility index (Phi) is 7.19. The fraction of sp³-hybridized carbons (Fsp3) is 0.562. The highest BCUT2D eigenvalue weighted by Gasteiger charge is 2.05. The van der Waals surface area contributed by atoms with Gasteiger partial charge in [0.2, 0.25) is 0 Å². The van der Waals surface area contributed by atoms with E-state index in [1.165, 1.54) is 12.8 Å². The van der Waals surface area contributed by atoms with Gasteiger partial charge in [0.25, 0.3) is 5.91 Å². The lowest BCUT2D eigenvalue weighted by molar-refractivity contribution is 0.0953. The van der Waals surface area contributed by atoms with Gasteiger partial charge in [0.05, 0.1) is 0 Å². The third-order valence-corrected chi connectivity index (χ3v) is 3.12. The number of carbonyl (C=O) groups excluding carboxylic acids is 1. The van der Waals surface area contributed by atoms with Crippen LogP contribution in [0.5, 0.6) is 0 Å². The zero-order valence-electron chi connectivity index (χ0n) is 12.1. The fourth-order valence-corrected chi connectivity index (χ4v) is 2.02. The van der Waals surface area contributed by atoms with Crippen molar-refractivity contribution in [1.29, 1.82) is 0 Å². The molecule has 1 aromatic carbocycles. The van der Waals surface area contributed by atoms with Crippen molar-refractivity contribution < 1.29 is 4.79 Å². The first-order valence-corrected chi connectivity index (χ1v) is 7.20. The van der Waals surface area contributed by atoms with Crippen molar-refractivity contribution >= 4 is 5.91 Å². The van der Waals surface area contributed by atoms with Crippen LogP contribution in [0.15, 0.2) is 24.3 Å². The van der Waals surface area contributed by atoms with Crippen molar-refractivity contribution in [2.75, 3.05) is 13.1 Å². The number of benzene rings is 1. The maximum atomic E-state index is 12.0. The van der Waals surface area contributed by atoms with Crippen LogP contribution in [0.1, 0.15) is 49.0 Å². The fourth-order valence-electron chi connectivity index (χ4n) is 2.02. The van der Waals surface area contributed by atoms with Crippen molar-refractivity contribution in [3.8, 4) is 0 Å². The van der Waals surface area contributed by atoms with Crippen molar-refractivity contribution in [2.24, 2.45) is 11.7 Å². The van der Waals surface area contributed by atoms with E-state index < -0.39 is 0 Å². The molecule has 19 heavy (non-hydrogen) atoms. The molecule has 1 amide bonds. The summed E-state index contributed by atoms with van der Waals surface area (Å²) in [4.78, 5) is 12.0. The van der Waals surface area contributed by atoms with Crippen LogP contribution < -0.4 is 11.1 Å². The van der Waals surface area contributed by atoms with Crippen LogP contribution in [0.3, 0.4) is 0 Å². The van der Waals surface area contributed by atoms with Gasteiger partial charge < -0.3 is 11.1 Å². The smallest absolute Gasteiger partial charge is 0.251 e. The number of carbonyl (C=O) groups is 1. The molecule has 3 N–H and O–H groups in total. The first-order chi connectivity index (χ1) is 9.13. The lowest BCUT2D eigenvalue weighted by atomic mass is 10.1. The molecule has 0 aliphatic rings. The standard InChI is InChI=1S/C16H26N2O/c1-13(2)6-3-4-11-18-16(19)15-8-5-7-14(12-15)9-10-17/h5,7-8,12-13H,3-4,6,9-11,17H2,1-2H3,(H,18,19). The van der Waals surface area contributed by atoms with E-state index in [-0.39, 0.29) is 5.91 Å². The van der Waals surface area contributed by atoms with Gasteiger partial charge in [0.1, 0.15) is 0 Å². The first kappa shape index (κ1) is 15.7. The highest BCUT2D eigenvalue weighted by Crippen LogP contribution is 2.07. The topological polar surface area (TPSA) is 55.1 Å². The molecule has 106 valence electrons. The Hall–Kier alpha value is -1.35. The molecule has 0 saturated carbocycles. The molecule has 1 aromatic rings. The summed E-state index contributed by atoms with van der Waals surface area (Å²) in [5, 5.41) is 2.97. The minimum atomic E-state index is 0.0171. The molecule has 0 radical (unpaired) electrons. The molecule has 3 nitrogen and oxygen atoms in total. The zero-order valence-corrected chi connectivity index (χ0v) is 12.1. The summed E-state index contributed by atoms with van der Waals surface area (Å²) in [6.07, 6.45) is 4.26. The van der Waals surface area contributed by atoms with E-state index >= 15 is 0 Å². The summed E-state index contributed by atoms with van der Waals surface area (Å²) in [6, 6.07) is 7.70. The highest BCUT2D eigenvalue weighted by molar-refractivity contribution is 5.94. The van der Waals surface area contributed by atoms with Gasteiger partial charge in [-0.1, -0.05) is 38.8 Å². The van der Waals surface area contributed by atoms with Crippen LogP contribution in [0, 0.1) is 5.92 Å². The Labute approximate surface area is 116 Å². The number of nitrogens with two attached hydrogens (primary N) is 1. The third kappa shape index (κ3) is 6.39. The van der Waals surface area contributed by atoms with Crippen LogP contribution in [0.2, 0.25) is 0 Å². The average Bonchev–Trinajstić information content (AvgIpc) is 2.38. The molecule has 0 heterocycles. The van der Waals surface area contributed by atoms with E-state index in [0.29, 0.717) is 6.54 Å². The number of unbranched alkanes of at least 4 members (excludes halogenated alkanes) is 1. The van der Waals surface area contributed by atoms with Gasteiger partial charge in [-0.05, 0) is 43.0 Å². The molecule has 0 spiro atoms. The summed E-state index contributed by atoms with van der Waals surface area (Å²) in [6.45, 7) is 5.82. The lowest BCUT2D eigenvalue weighted by Crippen LogP contribution is -2.24. The molecule has 1 rings (SSSR count). The Bertz CT molecular complexity index is 388. The summed E-state index contributed by atoms with van der Waals surface area (Å²) >= 11 is 0. The number of rotatable bonds is 8. The van der Waals surface area contributed by atoms with Crippen LogP contribution in [0.4, 0.5) is 0 Å². The SMILES string of the molecule is CC(C)CCCCNC(=O)c1cccc(CCN)c1. The molecule has 0 bridgehead atoms. The first-order valence-electron chi connectivity index (χ1n) is 7.20. The molecule has 0 unspecified atom stereocenters. The molecule has 0 aromatic heterocycles.